The van der Waals surface area contributed by atoms with Crippen molar-refractivity contribution in [1.82, 2.24) is 4.90 Å². The third-order valence-electron chi connectivity index (χ3n) is 4.39. The molecule has 0 saturated carbocycles. The normalized spacial score (nSPS) is 15.0. The average molecular weight is 377 g/mol. The number of nitrogens with zero attached hydrogens (tertiary/aromatic N) is 2. The molecule has 1 fully saturated rings. The Hall–Kier alpha value is -2.31. The van der Waals surface area contributed by atoms with Gasteiger partial charge in [-0.15, -0.1) is 0 Å². The summed E-state index contributed by atoms with van der Waals surface area (Å²) in [6.07, 6.45) is 0. The Morgan fingerprint density at radius 1 is 1.08 bits per heavy atom. The molecule has 0 atom stereocenters. The van der Waals surface area contributed by atoms with Gasteiger partial charge in [-0.2, -0.15) is 0 Å². The number of likely N-dealkylation sites (N-methyl/N-ethyl adjacent to an activating group) is 1. The maximum atomic E-state index is 13.1. The number of piperazine rings is 1. The van der Waals surface area contributed by atoms with Crippen LogP contribution < -0.4 is 15.5 Å². The first kappa shape index (κ1) is 18.5. The summed E-state index contributed by atoms with van der Waals surface area (Å²) in [5.74, 6) is -0.737. The number of benzene rings is 2. The lowest BCUT2D eigenvalue weighted by Crippen LogP contribution is -2.44. The molecule has 7 heteroatoms. The average Bonchev–Trinajstić information content (AvgIpc) is 2.64. The zero-order valence-electron chi connectivity index (χ0n) is 14.6. The smallest absolute Gasteiger partial charge is 0.243 e. The lowest BCUT2D eigenvalue weighted by atomic mass is 10.2. The molecule has 3 rings (SSSR count). The third-order valence-corrected chi connectivity index (χ3v) is 4.68. The Morgan fingerprint density at radius 3 is 2.38 bits per heavy atom. The van der Waals surface area contributed by atoms with E-state index in [1.54, 1.807) is 0 Å². The van der Waals surface area contributed by atoms with Crippen molar-refractivity contribution in [2.24, 2.45) is 0 Å². The van der Waals surface area contributed by atoms with E-state index in [-0.39, 0.29) is 17.5 Å². The first-order valence-electron chi connectivity index (χ1n) is 8.53. The maximum absolute atomic E-state index is 13.1. The van der Waals surface area contributed by atoms with E-state index in [0.29, 0.717) is 5.69 Å². The van der Waals surface area contributed by atoms with Gasteiger partial charge in [0.1, 0.15) is 5.82 Å². The van der Waals surface area contributed by atoms with Gasteiger partial charge in [0.25, 0.3) is 0 Å². The Kier molecular flexibility index (Phi) is 5.96. The maximum Gasteiger partial charge on any atom is 0.243 e. The van der Waals surface area contributed by atoms with Crippen LogP contribution in [0.4, 0.5) is 21.5 Å². The lowest BCUT2D eigenvalue weighted by Gasteiger charge is -2.34. The molecule has 1 amide bonds. The number of halogens is 2. The summed E-state index contributed by atoms with van der Waals surface area (Å²) in [4.78, 5) is 16.7. The molecule has 0 aliphatic carbocycles. The minimum absolute atomic E-state index is 0.0183. The highest BCUT2D eigenvalue weighted by Crippen LogP contribution is 2.20. The largest absolute Gasteiger partial charge is 0.376 e. The second-order valence-corrected chi connectivity index (χ2v) is 6.78. The predicted octanol–water partition coefficient (Wildman–Crippen LogP) is 3.28. The third kappa shape index (κ3) is 4.86. The monoisotopic (exact) mass is 376 g/mol. The van der Waals surface area contributed by atoms with E-state index in [2.05, 4.69) is 39.6 Å². The van der Waals surface area contributed by atoms with Gasteiger partial charge >= 0.3 is 0 Å². The molecule has 1 aliphatic heterocycles. The molecule has 2 aromatic carbocycles. The van der Waals surface area contributed by atoms with Crippen LogP contribution in [-0.2, 0) is 4.79 Å². The second-order valence-electron chi connectivity index (χ2n) is 6.37. The van der Waals surface area contributed by atoms with E-state index < -0.39 is 5.82 Å². The van der Waals surface area contributed by atoms with Gasteiger partial charge < -0.3 is 20.4 Å². The fourth-order valence-electron chi connectivity index (χ4n) is 2.82. The minimum atomic E-state index is -0.511. The van der Waals surface area contributed by atoms with Gasteiger partial charge in [-0.25, -0.2) is 4.39 Å². The Morgan fingerprint density at radius 2 is 1.73 bits per heavy atom. The van der Waals surface area contributed by atoms with Gasteiger partial charge in [0.2, 0.25) is 5.91 Å². The zero-order valence-corrected chi connectivity index (χ0v) is 15.4. The van der Waals surface area contributed by atoms with E-state index in [0.717, 1.165) is 31.9 Å². The van der Waals surface area contributed by atoms with E-state index in [1.165, 1.54) is 23.9 Å². The van der Waals surface area contributed by atoms with Crippen LogP contribution in [0.5, 0.6) is 0 Å². The van der Waals surface area contributed by atoms with Crippen molar-refractivity contribution in [3.05, 3.63) is 53.3 Å². The topological polar surface area (TPSA) is 47.6 Å². The van der Waals surface area contributed by atoms with Crippen molar-refractivity contribution < 1.29 is 9.18 Å². The summed E-state index contributed by atoms with van der Waals surface area (Å²) >= 11 is 5.71. The number of hydrogen-bond acceptors (Lipinski definition) is 4. The molecule has 5 nitrogen and oxygen atoms in total. The van der Waals surface area contributed by atoms with Gasteiger partial charge in [-0.05, 0) is 49.5 Å². The summed E-state index contributed by atoms with van der Waals surface area (Å²) in [5, 5.41) is 5.75. The number of hydrogen-bond donors (Lipinski definition) is 2. The van der Waals surface area contributed by atoms with Gasteiger partial charge in [0, 0.05) is 43.2 Å². The van der Waals surface area contributed by atoms with Crippen LogP contribution in [0, 0.1) is 5.82 Å². The zero-order chi connectivity index (χ0) is 18.5. The summed E-state index contributed by atoms with van der Waals surface area (Å²) in [5.41, 5.74) is 2.53. The molecule has 0 bridgehead atoms. The molecule has 2 aromatic rings. The summed E-state index contributed by atoms with van der Waals surface area (Å²) < 4.78 is 13.1. The highest BCUT2D eigenvalue weighted by molar-refractivity contribution is 6.31. The van der Waals surface area contributed by atoms with Crippen molar-refractivity contribution in [2.75, 3.05) is 55.3 Å². The van der Waals surface area contributed by atoms with Crippen molar-refractivity contribution in [2.45, 2.75) is 0 Å². The van der Waals surface area contributed by atoms with Crippen LogP contribution in [-0.4, -0.2) is 50.6 Å². The number of carbonyl (C=O) groups is 1. The minimum Gasteiger partial charge on any atom is -0.376 e. The van der Waals surface area contributed by atoms with E-state index in [4.69, 9.17) is 11.6 Å². The van der Waals surface area contributed by atoms with Gasteiger partial charge in [-0.3, -0.25) is 4.79 Å². The lowest BCUT2D eigenvalue weighted by molar-refractivity contribution is -0.114. The second kappa shape index (κ2) is 8.38. The number of carbonyl (C=O) groups excluding carboxylic acids is 1. The van der Waals surface area contributed by atoms with Crippen LogP contribution in [0.3, 0.4) is 0 Å². The summed E-state index contributed by atoms with van der Waals surface area (Å²) in [6.45, 7) is 4.28. The molecule has 2 N–H and O–H groups in total. The van der Waals surface area contributed by atoms with Crippen molar-refractivity contribution in [1.29, 1.82) is 0 Å². The molecule has 0 aromatic heterocycles. The molecule has 0 radical (unpaired) electrons. The molecule has 1 aliphatic rings. The molecule has 138 valence electrons. The fourth-order valence-corrected chi connectivity index (χ4v) is 3.00. The highest BCUT2D eigenvalue weighted by atomic mass is 35.5. The standard InChI is InChI=1S/C19H22ClFN4O/c1-24-8-10-25(11-9-24)16-5-2-14(3-6-16)22-13-19(26)23-15-4-7-18(21)17(20)12-15/h2-7,12,22H,8-11,13H2,1H3,(H,23,26). The van der Waals surface area contributed by atoms with Gasteiger partial charge in [-0.1, -0.05) is 11.6 Å². The van der Waals surface area contributed by atoms with Crippen LogP contribution in [0.1, 0.15) is 0 Å². The van der Waals surface area contributed by atoms with E-state index in [9.17, 15) is 9.18 Å². The molecule has 0 unspecified atom stereocenters. The van der Waals surface area contributed by atoms with Gasteiger partial charge in [0.15, 0.2) is 0 Å². The van der Waals surface area contributed by atoms with Crippen molar-refractivity contribution >= 4 is 34.6 Å². The predicted molar refractivity (Wildman–Crippen MR) is 105 cm³/mol. The quantitative estimate of drug-likeness (QED) is 0.840. The van der Waals surface area contributed by atoms with Crippen LogP contribution in [0.25, 0.3) is 0 Å². The number of amides is 1. The number of anilines is 3. The summed E-state index contributed by atoms with van der Waals surface area (Å²) in [7, 11) is 2.13. The molecule has 26 heavy (non-hydrogen) atoms. The van der Waals surface area contributed by atoms with Crippen LogP contribution >= 0.6 is 11.6 Å². The Balaban J connectivity index is 1.49. The number of rotatable bonds is 5. The van der Waals surface area contributed by atoms with E-state index >= 15 is 0 Å². The van der Waals surface area contributed by atoms with Gasteiger partial charge in [0.05, 0.1) is 11.6 Å². The first-order valence-corrected chi connectivity index (χ1v) is 8.91. The molecule has 0 spiro atoms. The molecular formula is C19H22ClFN4O. The van der Waals surface area contributed by atoms with E-state index in [1.807, 2.05) is 12.1 Å². The SMILES string of the molecule is CN1CCN(c2ccc(NCC(=O)Nc3ccc(F)c(Cl)c3)cc2)CC1. The van der Waals surface area contributed by atoms with Crippen molar-refractivity contribution in [3.8, 4) is 0 Å². The Labute approximate surface area is 157 Å². The number of nitrogens with one attached hydrogen (secondary N) is 2. The molecule has 1 heterocycles. The van der Waals surface area contributed by atoms with Crippen LogP contribution in [0.2, 0.25) is 5.02 Å². The highest BCUT2D eigenvalue weighted by Gasteiger charge is 2.14. The fraction of sp³-hybridized carbons (Fsp3) is 0.316. The Bertz CT molecular complexity index is 761. The molecular weight excluding hydrogens is 355 g/mol. The first-order chi connectivity index (χ1) is 12.5. The summed E-state index contributed by atoms with van der Waals surface area (Å²) in [6, 6.07) is 12.1. The van der Waals surface area contributed by atoms with Crippen LogP contribution in [0.15, 0.2) is 42.5 Å². The molecule has 1 saturated heterocycles. The van der Waals surface area contributed by atoms with Crippen molar-refractivity contribution in [3.63, 3.8) is 0 Å².